The summed E-state index contributed by atoms with van der Waals surface area (Å²) >= 11 is 0. The van der Waals surface area contributed by atoms with Gasteiger partial charge in [0.2, 0.25) is 12.6 Å². The molecule has 2 unspecified atom stereocenters. The monoisotopic (exact) mass is 554 g/mol. The van der Waals surface area contributed by atoms with Crippen LogP contribution >= 0.6 is 0 Å². The number of hydrogen-bond acceptors (Lipinski definition) is 9. The molecule has 0 fully saturated rings. The number of carbonyl (C=O) groups excluding carboxylic acids is 3. The van der Waals surface area contributed by atoms with Crippen LogP contribution in [0, 0.1) is 0 Å². The van der Waals surface area contributed by atoms with Crippen molar-refractivity contribution in [1.82, 2.24) is 0 Å². The molecule has 0 saturated heterocycles. The summed E-state index contributed by atoms with van der Waals surface area (Å²) < 4.78 is 9.76. The van der Waals surface area contributed by atoms with E-state index in [1.807, 2.05) is 88.4 Å². The van der Waals surface area contributed by atoms with Crippen molar-refractivity contribution < 1.29 is 43.4 Å². The molecule has 9 nitrogen and oxygen atoms in total. The summed E-state index contributed by atoms with van der Waals surface area (Å²) in [6, 6.07) is 19.3. The van der Waals surface area contributed by atoms with Gasteiger partial charge in [0.15, 0.2) is 0 Å². The zero-order valence-electron chi connectivity index (χ0n) is 24.3. The minimum atomic E-state index is -1.29. The predicted octanol–water partition coefficient (Wildman–Crippen LogP) is 6.63. The Morgan fingerprint density at radius 1 is 0.625 bits per heavy atom. The summed E-state index contributed by atoms with van der Waals surface area (Å²) in [5.74, 6) is -1.48. The van der Waals surface area contributed by atoms with Crippen molar-refractivity contribution in [3.63, 3.8) is 0 Å². The van der Waals surface area contributed by atoms with Crippen molar-refractivity contribution in [3.05, 3.63) is 95.1 Å². The van der Waals surface area contributed by atoms with Gasteiger partial charge in [-0.05, 0) is 25.0 Å². The molecule has 0 bridgehead atoms. The van der Waals surface area contributed by atoms with Crippen molar-refractivity contribution in [3.8, 4) is 0 Å². The second-order valence-electron chi connectivity index (χ2n) is 10.4. The molecule has 0 heterocycles. The molecule has 0 aliphatic heterocycles. The first-order valence-electron chi connectivity index (χ1n) is 12.8. The van der Waals surface area contributed by atoms with Crippen molar-refractivity contribution in [2.75, 3.05) is 0 Å². The Kier molecular flexibility index (Phi) is 11.6. The molecule has 2 aromatic carbocycles. The molecule has 0 aromatic heterocycles. The van der Waals surface area contributed by atoms with Crippen LogP contribution in [0.5, 0.6) is 0 Å². The van der Waals surface area contributed by atoms with Gasteiger partial charge in [-0.3, -0.25) is 9.78 Å². The SMILES string of the molecule is C/C(=C/C(C)(C)c1ccccc1)C(=O)OOC(C)OC(=O)OC(C)OOC(=O)/C(C)=C\C(C)(C)c1ccccc1. The molecular formula is C31H38O9. The largest absolute Gasteiger partial charge is 0.513 e. The molecule has 0 spiro atoms. The molecule has 2 aromatic rings. The van der Waals surface area contributed by atoms with E-state index in [0.717, 1.165) is 11.1 Å². The second kappa shape index (κ2) is 14.4. The maximum Gasteiger partial charge on any atom is 0.513 e. The Morgan fingerprint density at radius 2 is 0.950 bits per heavy atom. The standard InChI is InChI=1S/C31H38O9/c1-21(19-30(5,6)25-15-11-9-12-16-25)27(32)39-37-23(3)35-29(34)36-24(4)38-40-28(33)22(2)20-31(7,8)26-17-13-10-14-18-26/h9-20,23-24H,1-8H3/b21-19-,22-20-. The van der Waals surface area contributed by atoms with Crippen LogP contribution in [-0.2, 0) is 49.4 Å². The third-order valence-electron chi connectivity index (χ3n) is 5.88. The Morgan fingerprint density at radius 3 is 1.27 bits per heavy atom. The Bertz CT molecular complexity index is 1100. The highest BCUT2D eigenvalue weighted by Gasteiger charge is 2.24. The molecule has 9 heteroatoms. The smallest absolute Gasteiger partial charge is 0.401 e. The molecule has 0 aliphatic rings. The summed E-state index contributed by atoms with van der Waals surface area (Å²) in [6.07, 6.45) is -0.249. The van der Waals surface area contributed by atoms with Gasteiger partial charge in [-0.15, -0.1) is 9.78 Å². The summed E-state index contributed by atoms with van der Waals surface area (Å²) in [7, 11) is 0. The zero-order chi connectivity index (χ0) is 29.9. The van der Waals surface area contributed by atoms with Gasteiger partial charge in [0.25, 0.3) is 0 Å². The highest BCUT2D eigenvalue weighted by Crippen LogP contribution is 2.27. The van der Waals surface area contributed by atoms with E-state index < -0.39 is 41.5 Å². The van der Waals surface area contributed by atoms with Gasteiger partial charge in [0.05, 0.1) is 0 Å². The van der Waals surface area contributed by atoms with Gasteiger partial charge in [-0.25, -0.2) is 14.4 Å². The van der Waals surface area contributed by atoms with Gasteiger partial charge >= 0.3 is 18.1 Å². The molecular weight excluding hydrogens is 516 g/mol. The minimum absolute atomic E-state index is 0.309. The Hall–Kier alpha value is -3.95. The lowest BCUT2D eigenvalue weighted by molar-refractivity contribution is -0.350. The Labute approximate surface area is 235 Å². The summed E-state index contributed by atoms with van der Waals surface area (Å²) in [5, 5.41) is 0. The lowest BCUT2D eigenvalue weighted by atomic mass is 9.83. The van der Waals surface area contributed by atoms with Crippen LogP contribution in [0.2, 0.25) is 0 Å². The molecule has 0 saturated carbocycles. The predicted molar refractivity (Wildman–Crippen MR) is 147 cm³/mol. The van der Waals surface area contributed by atoms with E-state index in [9.17, 15) is 14.4 Å². The highest BCUT2D eigenvalue weighted by atomic mass is 17.2. The Balaban J connectivity index is 1.77. The van der Waals surface area contributed by atoms with E-state index >= 15 is 0 Å². The number of rotatable bonds is 12. The number of allylic oxidation sites excluding steroid dienone is 2. The molecule has 0 amide bonds. The fraction of sp³-hybridized carbons (Fsp3) is 0.387. The minimum Gasteiger partial charge on any atom is -0.401 e. The van der Waals surface area contributed by atoms with Gasteiger partial charge in [0.1, 0.15) is 0 Å². The van der Waals surface area contributed by atoms with Crippen molar-refractivity contribution in [1.29, 1.82) is 0 Å². The van der Waals surface area contributed by atoms with E-state index in [2.05, 4.69) is 0 Å². The number of carbonyl (C=O) groups is 3. The molecule has 0 aliphatic carbocycles. The average Bonchev–Trinajstić information content (AvgIpc) is 2.90. The first-order valence-corrected chi connectivity index (χ1v) is 12.8. The normalized spacial score (nSPS) is 14.1. The number of ether oxygens (including phenoxy) is 2. The maximum atomic E-state index is 12.3. The molecule has 0 radical (unpaired) electrons. The van der Waals surface area contributed by atoms with E-state index in [0.29, 0.717) is 11.1 Å². The molecule has 40 heavy (non-hydrogen) atoms. The van der Waals surface area contributed by atoms with Crippen LogP contribution in [0.4, 0.5) is 4.79 Å². The van der Waals surface area contributed by atoms with Crippen molar-refractivity contribution in [2.45, 2.75) is 78.8 Å². The van der Waals surface area contributed by atoms with Crippen LogP contribution < -0.4 is 0 Å². The van der Waals surface area contributed by atoms with E-state index in [1.165, 1.54) is 13.8 Å². The molecule has 216 valence electrons. The average molecular weight is 555 g/mol. The van der Waals surface area contributed by atoms with Gasteiger partial charge < -0.3 is 9.47 Å². The zero-order valence-corrected chi connectivity index (χ0v) is 24.3. The van der Waals surface area contributed by atoms with E-state index in [-0.39, 0.29) is 0 Å². The summed E-state index contributed by atoms with van der Waals surface area (Å²) in [6.45, 7) is 13.7. The van der Waals surface area contributed by atoms with Gasteiger partial charge in [-0.1, -0.05) is 101 Å². The van der Waals surface area contributed by atoms with Crippen molar-refractivity contribution in [2.24, 2.45) is 0 Å². The number of benzene rings is 2. The number of hydrogen-bond donors (Lipinski definition) is 0. The fourth-order valence-electron chi connectivity index (χ4n) is 3.79. The first kappa shape index (κ1) is 32.3. The molecule has 2 rings (SSSR count). The topological polar surface area (TPSA) is 107 Å². The molecule has 2 atom stereocenters. The van der Waals surface area contributed by atoms with E-state index in [1.54, 1.807) is 26.0 Å². The lowest BCUT2D eigenvalue weighted by Crippen LogP contribution is -2.26. The quantitative estimate of drug-likeness (QED) is 0.0939. The van der Waals surface area contributed by atoms with Crippen LogP contribution in [0.3, 0.4) is 0 Å². The molecule has 0 N–H and O–H groups in total. The van der Waals surface area contributed by atoms with Crippen LogP contribution in [0.15, 0.2) is 84.0 Å². The third kappa shape index (κ3) is 10.3. The highest BCUT2D eigenvalue weighted by molar-refractivity contribution is 5.88. The van der Waals surface area contributed by atoms with Gasteiger partial charge in [-0.2, -0.15) is 0 Å². The van der Waals surface area contributed by atoms with Crippen LogP contribution in [-0.4, -0.2) is 30.7 Å². The third-order valence-corrected chi connectivity index (χ3v) is 5.88. The summed E-state index contributed by atoms with van der Waals surface area (Å²) in [5.41, 5.74) is 1.80. The van der Waals surface area contributed by atoms with Crippen LogP contribution in [0.25, 0.3) is 0 Å². The van der Waals surface area contributed by atoms with Crippen LogP contribution in [0.1, 0.15) is 66.5 Å². The van der Waals surface area contributed by atoms with E-state index in [4.69, 9.17) is 29.0 Å². The lowest BCUT2D eigenvalue weighted by Gasteiger charge is -2.22. The van der Waals surface area contributed by atoms with Gasteiger partial charge in [0, 0.05) is 35.8 Å². The first-order chi connectivity index (χ1) is 18.7. The summed E-state index contributed by atoms with van der Waals surface area (Å²) in [4.78, 5) is 56.0. The van der Waals surface area contributed by atoms with Crippen molar-refractivity contribution >= 4 is 18.1 Å². The fourth-order valence-corrected chi connectivity index (χ4v) is 3.79. The maximum absolute atomic E-state index is 12.3. The second-order valence-corrected chi connectivity index (χ2v) is 10.4.